The Bertz CT molecular complexity index is 392. The molecule has 0 aliphatic heterocycles. The Morgan fingerprint density at radius 3 is 2.28 bits per heavy atom. The smallest absolute Gasteiger partial charge is 0.146 e. The van der Waals surface area contributed by atoms with Crippen molar-refractivity contribution in [2.75, 3.05) is 13.1 Å². The molecule has 0 radical (unpaired) electrons. The topological polar surface area (TPSA) is 29.1 Å². The first-order valence-corrected chi connectivity index (χ1v) is 6.74. The third-order valence-electron chi connectivity index (χ3n) is 2.93. The van der Waals surface area contributed by atoms with Crippen molar-refractivity contribution in [2.45, 2.75) is 33.6 Å². The number of halogens is 1. The lowest BCUT2D eigenvalue weighted by Crippen LogP contribution is -2.33. The molecule has 100 valence electrons. The molecule has 3 heteroatoms. The lowest BCUT2D eigenvalue weighted by atomic mass is 9.80. The molecule has 0 aliphatic rings. The summed E-state index contributed by atoms with van der Waals surface area (Å²) in [5.41, 5.74) is 0.694. The summed E-state index contributed by atoms with van der Waals surface area (Å²) >= 11 is 5.89. The van der Waals surface area contributed by atoms with Crippen molar-refractivity contribution in [1.29, 1.82) is 0 Å². The van der Waals surface area contributed by atoms with Crippen LogP contribution in [0.15, 0.2) is 24.3 Å². The van der Waals surface area contributed by atoms with Gasteiger partial charge in [-0.05, 0) is 24.2 Å². The molecule has 1 rings (SSSR count). The van der Waals surface area contributed by atoms with Gasteiger partial charge in [0, 0.05) is 17.0 Å². The highest BCUT2D eigenvalue weighted by Crippen LogP contribution is 2.27. The quantitative estimate of drug-likeness (QED) is 0.882. The van der Waals surface area contributed by atoms with Crippen molar-refractivity contribution < 1.29 is 4.79 Å². The van der Waals surface area contributed by atoms with E-state index in [2.05, 4.69) is 5.32 Å². The van der Waals surface area contributed by atoms with Gasteiger partial charge >= 0.3 is 0 Å². The van der Waals surface area contributed by atoms with Crippen molar-refractivity contribution in [3.05, 3.63) is 34.9 Å². The van der Waals surface area contributed by atoms with Crippen LogP contribution in [0.4, 0.5) is 0 Å². The molecule has 0 aromatic heterocycles. The number of benzene rings is 1. The van der Waals surface area contributed by atoms with E-state index in [0.29, 0.717) is 11.6 Å². The highest BCUT2D eigenvalue weighted by atomic mass is 35.5. The van der Waals surface area contributed by atoms with Gasteiger partial charge in [-0.1, -0.05) is 51.4 Å². The highest BCUT2D eigenvalue weighted by Gasteiger charge is 2.30. The fourth-order valence-corrected chi connectivity index (χ4v) is 1.99. The standard InChI is InChI=1S/C15H22ClNO/c1-5-17-10-13(14(18)15(2,3)4)11-6-8-12(16)9-7-11/h6-9,13,17H,5,10H2,1-4H3. The van der Waals surface area contributed by atoms with Gasteiger partial charge < -0.3 is 5.32 Å². The minimum Gasteiger partial charge on any atom is -0.316 e. The Kier molecular flexibility index (Phi) is 5.36. The van der Waals surface area contributed by atoms with Gasteiger partial charge in [-0.25, -0.2) is 0 Å². The number of likely N-dealkylation sites (N-methyl/N-ethyl adjacent to an activating group) is 1. The van der Waals surface area contributed by atoms with Gasteiger partial charge in [0.1, 0.15) is 5.78 Å². The van der Waals surface area contributed by atoms with Crippen LogP contribution in [-0.4, -0.2) is 18.9 Å². The zero-order chi connectivity index (χ0) is 13.8. The van der Waals surface area contributed by atoms with E-state index in [1.165, 1.54) is 0 Å². The lowest BCUT2D eigenvalue weighted by molar-refractivity contribution is -0.127. The average Bonchev–Trinajstić information content (AvgIpc) is 2.30. The van der Waals surface area contributed by atoms with Gasteiger partial charge in [-0.15, -0.1) is 0 Å². The number of Topliss-reactive ketones (excluding diaryl/α,β-unsaturated/α-hetero) is 1. The molecule has 1 aromatic rings. The van der Waals surface area contributed by atoms with Crippen molar-refractivity contribution in [2.24, 2.45) is 5.41 Å². The zero-order valence-electron chi connectivity index (χ0n) is 11.6. The zero-order valence-corrected chi connectivity index (χ0v) is 12.3. The Morgan fingerprint density at radius 2 is 1.83 bits per heavy atom. The molecule has 1 atom stereocenters. The van der Waals surface area contributed by atoms with Crippen LogP contribution in [0, 0.1) is 5.41 Å². The molecule has 0 saturated heterocycles. The Morgan fingerprint density at radius 1 is 1.28 bits per heavy atom. The summed E-state index contributed by atoms with van der Waals surface area (Å²) in [5, 5.41) is 3.96. The van der Waals surface area contributed by atoms with Gasteiger partial charge in [0.15, 0.2) is 0 Å². The predicted octanol–water partition coefficient (Wildman–Crippen LogP) is 3.65. The van der Waals surface area contributed by atoms with Crippen molar-refractivity contribution in [3.8, 4) is 0 Å². The van der Waals surface area contributed by atoms with Gasteiger partial charge in [-0.3, -0.25) is 4.79 Å². The number of carbonyl (C=O) groups excluding carboxylic acids is 1. The minimum atomic E-state index is -0.334. The number of nitrogens with one attached hydrogen (secondary N) is 1. The molecule has 0 amide bonds. The normalized spacial score (nSPS) is 13.4. The second-order valence-electron chi connectivity index (χ2n) is 5.53. The van der Waals surface area contributed by atoms with Gasteiger partial charge in [0.2, 0.25) is 0 Å². The number of hydrogen-bond donors (Lipinski definition) is 1. The summed E-state index contributed by atoms with van der Waals surface area (Å²) in [6.07, 6.45) is 0. The van der Waals surface area contributed by atoms with E-state index < -0.39 is 0 Å². The average molecular weight is 268 g/mol. The molecule has 2 nitrogen and oxygen atoms in total. The highest BCUT2D eigenvalue weighted by molar-refractivity contribution is 6.30. The van der Waals surface area contributed by atoms with Crippen LogP contribution in [0.1, 0.15) is 39.2 Å². The first-order chi connectivity index (χ1) is 8.36. The summed E-state index contributed by atoms with van der Waals surface area (Å²) in [5.74, 6) is 0.146. The van der Waals surface area contributed by atoms with E-state index in [-0.39, 0.29) is 17.1 Å². The fourth-order valence-electron chi connectivity index (χ4n) is 1.87. The van der Waals surface area contributed by atoms with Crippen molar-refractivity contribution in [3.63, 3.8) is 0 Å². The molecule has 18 heavy (non-hydrogen) atoms. The molecule has 0 heterocycles. The number of rotatable bonds is 5. The van der Waals surface area contributed by atoms with Crippen molar-refractivity contribution >= 4 is 17.4 Å². The third kappa shape index (κ3) is 4.11. The fraction of sp³-hybridized carbons (Fsp3) is 0.533. The van der Waals surface area contributed by atoms with E-state index in [1.54, 1.807) is 0 Å². The minimum absolute atomic E-state index is 0.109. The molecule has 1 aromatic carbocycles. The molecule has 0 fully saturated rings. The Balaban J connectivity index is 2.98. The molecule has 0 bridgehead atoms. The molecule has 1 unspecified atom stereocenters. The lowest BCUT2D eigenvalue weighted by Gasteiger charge is -2.25. The Labute approximate surface area is 115 Å². The molecule has 1 N–H and O–H groups in total. The summed E-state index contributed by atoms with van der Waals surface area (Å²) in [6.45, 7) is 9.47. The molecule has 0 saturated carbocycles. The van der Waals surface area contributed by atoms with Crippen LogP contribution < -0.4 is 5.32 Å². The summed E-state index contributed by atoms with van der Waals surface area (Å²) in [7, 11) is 0. The maximum absolute atomic E-state index is 12.5. The summed E-state index contributed by atoms with van der Waals surface area (Å²) in [4.78, 5) is 12.5. The number of ketones is 1. The summed E-state index contributed by atoms with van der Waals surface area (Å²) < 4.78 is 0. The monoisotopic (exact) mass is 267 g/mol. The molecular weight excluding hydrogens is 246 g/mol. The third-order valence-corrected chi connectivity index (χ3v) is 3.18. The molecule has 0 aliphatic carbocycles. The SMILES string of the molecule is CCNCC(C(=O)C(C)(C)C)c1ccc(Cl)cc1. The second-order valence-corrected chi connectivity index (χ2v) is 5.96. The van der Waals surface area contributed by atoms with Crippen LogP contribution in [0.2, 0.25) is 5.02 Å². The Hall–Kier alpha value is -0.860. The van der Waals surface area contributed by atoms with E-state index in [9.17, 15) is 4.79 Å². The molecule has 0 spiro atoms. The van der Waals surface area contributed by atoms with Crippen LogP contribution in [-0.2, 0) is 4.79 Å². The van der Waals surface area contributed by atoms with E-state index in [1.807, 2.05) is 52.0 Å². The molecular formula is C15H22ClNO. The van der Waals surface area contributed by atoms with Crippen LogP contribution >= 0.6 is 11.6 Å². The maximum atomic E-state index is 12.5. The van der Waals surface area contributed by atoms with Crippen LogP contribution in [0.3, 0.4) is 0 Å². The predicted molar refractivity (Wildman–Crippen MR) is 77.2 cm³/mol. The maximum Gasteiger partial charge on any atom is 0.146 e. The number of hydrogen-bond acceptors (Lipinski definition) is 2. The van der Waals surface area contributed by atoms with Gasteiger partial charge in [-0.2, -0.15) is 0 Å². The second kappa shape index (κ2) is 6.35. The van der Waals surface area contributed by atoms with Gasteiger partial charge in [0.05, 0.1) is 5.92 Å². The largest absolute Gasteiger partial charge is 0.316 e. The first-order valence-electron chi connectivity index (χ1n) is 6.36. The van der Waals surface area contributed by atoms with E-state index in [4.69, 9.17) is 11.6 Å². The first kappa shape index (κ1) is 15.2. The van der Waals surface area contributed by atoms with E-state index in [0.717, 1.165) is 12.1 Å². The van der Waals surface area contributed by atoms with Crippen LogP contribution in [0.25, 0.3) is 0 Å². The summed E-state index contributed by atoms with van der Waals surface area (Å²) in [6, 6.07) is 7.56. The van der Waals surface area contributed by atoms with Crippen LogP contribution in [0.5, 0.6) is 0 Å². The number of carbonyl (C=O) groups is 1. The van der Waals surface area contributed by atoms with Crippen molar-refractivity contribution in [1.82, 2.24) is 5.32 Å². The van der Waals surface area contributed by atoms with Gasteiger partial charge in [0.25, 0.3) is 0 Å². The van der Waals surface area contributed by atoms with E-state index >= 15 is 0 Å².